The molecule has 1 aromatic rings. The maximum Gasteiger partial charge on any atom is 0.219 e. The van der Waals surface area contributed by atoms with E-state index in [1.54, 1.807) is 19.2 Å². The highest BCUT2D eigenvalue weighted by molar-refractivity contribution is 7.99. The molecule has 1 rings (SSSR count). The first-order valence-corrected chi connectivity index (χ1v) is 6.00. The highest BCUT2D eigenvalue weighted by Gasteiger charge is 2.02. The first-order valence-electron chi connectivity index (χ1n) is 5.02. The van der Waals surface area contributed by atoms with Crippen LogP contribution in [0.1, 0.15) is 12.8 Å². The van der Waals surface area contributed by atoms with Gasteiger partial charge in [-0.1, -0.05) is 0 Å². The molecule has 3 N–H and O–H groups in total. The fourth-order valence-corrected chi connectivity index (χ4v) is 2.02. The summed E-state index contributed by atoms with van der Waals surface area (Å²) in [6.45, 7) is 0. The Balaban J connectivity index is 2.32. The van der Waals surface area contributed by atoms with E-state index in [4.69, 9.17) is 5.73 Å². The minimum atomic E-state index is -0.392. The van der Waals surface area contributed by atoms with Gasteiger partial charge in [0.1, 0.15) is 5.82 Å². The lowest BCUT2D eigenvalue weighted by Crippen LogP contribution is -2.17. The molecule has 88 valence electrons. The number of carbonyl (C=O) groups excluding carboxylic acids is 1. The Kier molecular flexibility index (Phi) is 5.11. The number of thioether (sulfide) groups is 1. The van der Waals surface area contributed by atoms with Gasteiger partial charge in [0.15, 0.2) is 0 Å². The summed E-state index contributed by atoms with van der Waals surface area (Å²) in [5, 5.41) is 2.56. The fraction of sp³-hybridized carbons (Fsp3) is 0.364. The number of amides is 1. The molecule has 0 fully saturated rings. The lowest BCUT2D eigenvalue weighted by atomic mass is 10.3. The molecule has 0 radical (unpaired) electrons. The number of anilines is 1. The summed E-state index contributed by atoms with van der Waals surface area (Å²) in [5.74, 6) is 0.428. The van der Waals surface area contributed by atoms with Crippen LogP contribution in [0.5, 0.6) is 0 Å². The molecule has 0 saturated heterocycles. The lowest BCUT2D eigenvalue weighted by molar-refractivity contribution is -0.120. The van der Waals surface area contributed by atoms with E-state index in [9.17, 15) is 9.18 Å². The Morgan fingerprint density at radius 3 is 2.94 bits per heavy atom. The average Bonchev–Trinajstić information content (AvgIpc) is 2.28. The number of carbonyl (C=O) groups is 1. The van der Waals surface area contributed by atoms with Gasteiger partial charge in [0, 0.05) is 18.4 Å². The van der Waals surface area contributed by atoms with Crippen LogP contribution < -0.4 is 11.1 Å². The van der Waals surface area contributed by atoms with Gasteiger partial charge in [0.2, 0.25) is 5.91 Å². The number of rotatable bonds is 5. The van der Waals surface area contributed by atoms with Crippen LogP contribution in [0.4, 0.5) is 10.1 Å². The van der Waals surface area contributed by atoms with E-state index < -0.39 is 5.82 Å². The molecule has 0 aliphatic heterocycles. The Hall–Kier alpha value is -1.23. The smallest absolute Gasteiger partial charge is 0.219 e. The van der Waals surface area contributed by atoms with Gasteiger partial charge in [-0.2, -0.15) is 0 Å². The molecule has 0 heterocycles. The first-order chi connectivity index (χ1) is 7.63. The van der Waals surface area contributed by atoms with Crippen molar-refractivity contribution in [1.29, 1.82) is 0 Å². The van der Waals surface area contributed by atoms with Crippen molar-refractivity contribution >= 4 is 23.4 Å². The van der Waals surface area contributed by atoms with E-state index in [2.05, 4.69) is 5.32 Å². The Bertz CT molecular complexity index is 371. The van der Waals surface area contributed by atoms with Crippen LogP contribution >= 0.6 is 11.8 Å². The second-order valence-corrected chi connectivity index (χ2v) is 4.48. The summed E-state index contributed by atoms with van der Waals surface area (Å²) in [6, 6.07) is 4.75. The van der Waals surface area contributed by atoms with Gasteiger partial charge in [0.05, 0.1) is 5.69 Å². The molecule has 0 aromatic heterocycles. The lowest BCUT2D eigenvalue weighted by Gasteiger charge is -2.03. The molecule has 0 bridgehead atoms. The maximum atomic E-state index is 13.1. The minimum Gasteiger partial charge on any atom is -0.396 e. The number of hydrogen-bond donors (Lipinski definition) is 2. The van der Waals surface area contributed by atoms with Crippen molar-refractivity contribution < 1.29 is 9.18 Å². The molecule has 1 amide bonds. The van der Waals surface area contributed by atoms with Crippen molar-refractivity contribution in [3.63, 3.8) is 0 Å². The molecule has 0 aliphatic carbocycles. The summed E-state index contributed by atoms with van der Waals surface area (Å²) < 4.78 is 13.1. The Labute approximate surface area is 98.6 Å². The van der Waals surface area contributed by atoms with Crippen LogP contribution in [0.15, 0.2) is 23.1 Å². The molecule has 16 heavy (non-hydrogen) atoms. The van der Waals surface area contributed by atoms with Gasteiger partial charge >= 0.3 is 0 Å². The Morgan fingerprint density at radius 2 is 2.31 bits per heavy atom. The highest BCUT2D eigenvalue weighted by atomic mass is 32.2. The van der Waals surface area contributed by atoms with Gasteiger partial charge in [-0.05, 0) is 30.4 Å². The van der Waals surface area contributed by atoms with Crippen LogP contribution in [0.25, 0.3) is 0 Å². The van der Waals surface area contributed by atoms with E-state index in [1.807, 2.05) is 0 Å². The Morgan fingerprint density at radius 1 is 1.56 bits per heavy atom. The third kappa shape index (κ3) is 4.10. The van der Waals surface area contributed by atoms with Crippen molar-refractivity contribution in [1.82, 2.24) is 5.32 Å². The van der Waals surface area contributed by atoms with Crippen molar-refractivity contribution in [3.8, 4) is 0 Å². The number of nitrogens with one attached hydrogen (secondary N) is 1. The van der Waals surface area contributed by atoms with Gasteiger partial charge < -0.3 is 11.1 Å². The zero-order chi connectivity index (χ0) is 12.0. The largest absolute Gasteiger partial charge is 0.396 e. The zero-order valence-electron chi connectivity index (χ0n) is 9.13. The number of halogens is 1. The van der Waals surface area contributed by atoms with Crippen molar-refractivity contribution in [2.75, 3.05) is 18.5 Å². The molecular formula is C11H15FN2OS. The van der Waals surface area contributed by atoms with Gasteiger partial charge in [-0.15, -0.1) is 11.8 Å². The number of nitrogens with two attached hydrogens (primary N) is 1. The van der Waals surface area contributed by atoms with Crippen LogP contribution in [0.3, 0.4) is 0 Å². The van der Waals surface area contributed by atoms with Gasteiger partial charge in [0.25, 0.3) is 0 Å². The summed E-state index contributed by atoms with van der Waals surface area (Å²) in [5.41, 5.74) is 5.53. The van der Waals surface area contributed by atoms with E-state index in [1.165, 1.54) is 17.8 Å². The van der Waals surface area contributed by atoms with Gasteiger partial charge in [-0.3, -0.25) is 4.79 Å². The first kappa shape index (κ1) is 12.8. The predicted molar refractivity (Wildman–Crippen MR) is 64.8 cm³/mol. The molecule has 0 saturated carbocycles. The number of nitrogen functional groups attached to an aromatic ring is 1. The molecule has 0 aliphatic rings. The fourth-order valence-electron chi connectivity index (χ4n) is 1.15. The SMILES string of the molecule is CNC(=O)CCCSc1ccc(N)c(F)c1. The molecule has 1 aromatic carbocycles. The monoisotopic (exact) mass is 242 g/mol. The highest BCUT2D eigenvalue weighted by Crippen LogP contribution is 2.22. The van der Waals surface area contributed by atoms with Crippen molar-refractivity contribution in [3.05, 3.63) is 24.0 Å². The second-order valence-electron chi connectivity index (χ2n) is 3.31. The third-order valence-electron chi connectivity index (χ3n) is 2.07. The minimum absolute atomic E-state index is 0.0316. The molecule has 3 nitrogen and oxygen atoms in total. The zero-order valence-corrected chi connectivity index (χ0v) is 9.94. The van der Waals surface area contributed by atoms with Crippen molar-refractivity contribution in [2.24, 2.45) is 0 Å². The van der Waals surface area contributed by atoms with Gasteiger partial charge in [-0.25, -0.2) is 4.39 Å². The number of benzene rings is 1. The molecule has 0 spiro atoms. The summed E-state index contributed by atoms with van der Waals surface area (Å²) in [4.78, 5) is 11.8. The van der Waals surface area contributed by atoms with Crippen LogP contribution in [-0.2, 0) is 4.79 Å². The van der Waals surface area contributed by atoms with Crippen LogP contribution in [0.2, 0.25) is 0 Å². The van der Waals surface area contributed by atoms with E-state index in [-0.39, 0.29) is 11.6 Å². The van der Waals surface area contributed by atoms with Crippen LogP contribution in [-0.4, -0.2) is 18.7 Å². The third-order valence-corrected chi connectivity index (χ3v) is 3.15. The standard InChI is InChI=1S/C11H15FN2OS/c1-14-11(15)3-2-6-16-8-4-5-10(13)9(12)7-8/h4-5,7H,2-3,6,13H2,1H3,(H,14,15). The van der Waals surface area contributed by atoms with Crippen molar-refractivity contribution in [2.45, 2.75) is 17.7 Å². The summed E-state index contributed by atoms with van der Waals surface area (Å²) in [7, 11) is 1.62. The molecule has 5 heteroatoms. The van der Waals surface area contributed by atoms with E-state index >= 15 is 0 Å². The maximum absolute atomic E-state index is 13.1. The average molecular weight is 242 g/mol. The summed E-state index contributed by atoms with van der Waals surface area (Å²) in [6.07, 6.45) is 1.28. The second kappa shape index (κ2) is 6.37. The van der Waals surface area contributed by atoms with E-state index in [0.717, 1.165) is 17.1 Å². The molecule has 0 unspecified atom stereocenters. The normalized spacial score (nSPS) is 10.1. The molecular weight excluding hydrogens is 227 g/mol. The van der Waals surface area contributed by atoms with E-state index in [0.29, 0.717) is 6.42 Å². The molecule has 0 atom stereocenters. The topological polar surface area (TPSA) is 55.1 Å². The quantitative estimate of drug-likeness (QED) is 0.472. The summed E-state index contributed by atoms with van der Waals surface area (Å²) >= 11 is 1.52. The van der Waals surface area contributed by atoms with Crippen LogP contribution in [0, 0.1) is 5.82 Å². The number of hydrogen-bond acceptors (Lipinski definition) is 3. The predicted octanol–water partition coefficient (Wildman–Crippen LogP) is 2.03.